The van der Waals surface area contributed by atoms with Gasteiger partial charge in [-0.15, -0.1) is 0 Å². The van der Waals surface area contributed by atoms with E-state index in [4.69, 9.17) is 4.74 Å². The third-order valence-electron chi connectivity index (χ3n) is 8.54. The first kappa shape index (κ1) is 25.4. The molecular formula is C31H43N3O2. The van der Waals surface area contributed by atoms with Crippen LogP contribution in [0.5, 0.6) is 0 Å². The van der Waals surface area contributed by atoms with Gasteiger partial charge in [0.15, 0.2) is 0 Å². The molecule has 1 aliphatic carbocycles. The van der Waals surface area contributed by atoms with Gasteiger partial charge in [0.1, 0.15) is 6.04 Å². The molecule has 0 aromatic heterocycles. The van der Waals surface area contributed by atoms with E-state index in [9.17, 15) is 4.79 Å². The average Bonchev–Trinajstić information content (AvgIpc) is 3.32. The summed E-state index contributed by atoms with van der Waals surface area (Å²) >= 11 is 0. The molecular weight excluding hydrogens is 446 g/mol. The van der Waals surface area contributed by atoms with Crippen molar-refractivity contribution in [1.82, 2.24) is 15.1 Å². The molecule has 0 spiro atoms. The molecule has 2 aromatic carbocycles. The van der Waals surface area contributed by atoms with E-state index in [2.05, 4.69) is 84.4 Å². The van der Waals surface area contributed by atoms with Gasteiger partial charge in [-0.3, -0.25) is 14.6 Å². The van der Waals surface area contributed by atoms with Crippen molar-refractivity contribution in [2.45, 2.75) is 52.1 Å². The van der Waals surface area contributed by atoms with Gasteiger partial charge in [-0.05, 0) is 58.8 Å². The maximum absolute atomic E-state index is 13.5. The fraction of sp³-hybridized carbons (Fsp3) is 0.581. The summed E-state index contributed by atoms with van der Waals surface area (Å²) in [5.41, 5.74) is 5.46. The largest absolute Gasteiger partial charge is 0.380 e. The first-order valence-corrected chi connectivity index (χ1v) is 13.8. The molecule has 1 saturated heterocycles. The van der Waals surface area contributed by atoms with E-state index in [1.54, 1.807) is 0 Å². The van der Waals surface area contributed by atoms with Crippen LogP contribution < -0.4 is 5.32 Å². The van der Waals surface area contributed by atoms with E-state index in [-0.39, 0.29) is 17.4 Å². The van der Waals surface area contributed by atoms with Gasteiger partial charge in [0.25, 0.3) is 0 Å². The molecule has 2 aromatic rings. The van der Waals surface area contributed by atoms with Gasteiger partial charge < -0.3 is 10.1 Å². The minimum absolute atomic E-state index is 0.152. The van der Waals surface area contributed by atoms with Crippen LogP contribution in [-0.2, 0) is 27.9 Å². The summed E-state index contributed by atoms with van der Waals surface area (Å²) in [7, 11) is 0. The topological polar surface area (TPSA) is 44.8 Å². The second-order valence-electron chi connectivity index (χ2n) is 12.0. The standard InChI is InChI=1S/C31H43N3O2/c1-5-36-17-16-34-15-14-23-8-6-7-9-25(23)29(34)30(35)32-18-26-27-20-33(21-28(26)27)19-22-10-12-24(13-11-22)31(2,3)4/h6-13,26-29H,5,14-21H2,1-4H3,(H,32,35). The Balaban J connectivity index is 1.12. The average molecular weight is 490 g/mol. The predicted octanol–water partition coefficient (Wildman–Crippen LogP) is 4.41. The van der Waals surface area contributed by atoms with Crippen LogP contribution in [0, 0.1) is 17.8 Å². The SMILES string of the molecule is CCOCCN1CCc2ccccc2C1C(=O)NCC1C2CN(Cc3ccc(C(C)(C)C)cc3)CC12. The van der Waals surface area contributed by atoms with Crippen molar-refractivity contribution >= 4 is 5.91 Å². The van der Waals surface area contributed by atoms with E-state index >= 15 is 0 Å². The minimum atomic E-state index is -0.207. The Hall–Kier alpha value is -2.21. The van der Waals surface area contributed by atoms with Gasteiger partial charge in [0.05, 0.1) is 6.61 Å². The van der Waals surface area contributed by atoms with Crippen LogP contribution in [0.3, 0.4) is 0 Å². The highest BCUT2D eigenvalue weighted by Crippen LogP contribution is 2.51. The van der Waals surface area contributed by atoms with Crippen molar-refractivity contribution in [2.75, 3.05) is 45.9 Å². The molecule has 5 rings (SSSR count). The molecule has 2 heterocycles. The summed E-state index contributed by atoms with van der Waals surface area (Å²) < 4.78 is 5.61. The number of ether oxygens (including phenoxy) is 1. The molecule has 2 fully saturated rings. The number of benzene rings is 2. The molecule has 194 valence electrons. The molecule has 1 amide bonds. The lowest BCUT2D eigenvalue weighted by Gasteiger charge is -2.36. The number of likely N-dealkylation sites (tertiary alicyclic amines) is 1. The van der Waals surface area contributed by atoms with E-state index in [0.717, 1.165) is 63.1 Å². The Kier molecular flexibility index (Phi) is 7.52. The van der Waals surface area contributed by atoms with E-state index in [0.29, 0.717) is 19.1 Å². The Labute approximate surface area is 217 Å². The first-order valence-electron chi connectivity index (χ1n) is 13.8. The Morgan fingerprint density at radius 2 is 1.78 bits per heavy atom. The van der Waals surface area contributed by atoms with E-state index in [1.165, 1.54) is 16.7 Å². The number of nitrogens with zero attached hydrogens (tertiary/aromatic N) is 2. The van der Waals surface area contributed by atoms with Crippen LogP contribution in [0.2, 0.25) is 0 Å². The highest BCUT2D eigenvalue weighted by molar-refractivity contribution is 5.84. The zero-order valence-corrected chi connectivity index (χ0v) is 22.5. The zero-order valence-electron chi connectivity index (χ0n) is 22.5. The molecule has 1 N–H and O–H groups in total. The summed E-state index contributed by atoms with van der Waals surface area (Å²) in [6.45, 7) is 16.0. The fourth-order valence-electron chi connectivity index (χ4n) is 6.34. The summed E-state index contributed by atoms with van der Waals surface area (Å²) in [4.78, 5) is 18.3. The van der Waals surface area contributed by atoms with Gasteiger partial charge >= 0.3 is 0 Å². The highest BCUT2D eigenvalue weighted by atomic mass is 16.5. The first-order chi connectivity index (χ1) is 17.3. The second kappa shape index (κ2) is 10.6. The van der Waals surface area contributed by atoms with Crippen molar-refractivity contribution in [2.24, 2.45) is 17.8 Å². The molecule has 2 aliphatic heterocycles. The van der Waals surface area contributed by atoms with Gasteiger partial charge in [-0.2, -0.15) is 0 Å². The van der Waals surface area contributed by atoms with Crippen LogP contribution in [-0.4, -0.2) is 61.6 Å². The van der Waals surface area contributed by atoms with Crippen LogP contribution in [0.1, 0.15) is 56.0 Å². The lowest BCUT2D eigenvalue weighted by Crippen LogP contribution is -2.46. The van der Waals surface area contributed by atoms with Crippen LogP contribution in [0.15, 0.2) is 48.5 Å². The van der Waals surface area contributed by atoms with E-state index < -0.39 is 0 Å². The quantitative estimate of drug-likeness (QED) is 0.530. The van der Waals surface area contributed by atoms with Crippen molar-refractivity contribution in [3.63, 3.8) is 0 Å². The van der Waals surface area contributed by atoms with Crippen molar-refractivity contribution in [1.29, 1.82) is 0 Å². The van der Waals surface area contributed by atoms with Crippen LogP contribution in [0.4, 0.5) is 0 Å². The fourth-order valence-corrected chi connectivity index (χ4v) is 6.34. The number of carbonyl (C=O) groups excluding carboxylic acids is 1. The number of amides is 1. The Morgan fingerprint density at radius 1 is 1.06 bits per heavy atom. The van der Waals surface area contributed by atoms with Gasteiger partial charge in [-0.25, -0.2) is 0 Å². The second-order valence-corrected chi connectivity index (χ2v) is 12.0. The predicted molar refractivity (Wildman–Crippen MR) is 145 cm³/mol. The summed E-state index contributed by atoms with van der Waals surface area (Å²) in [5, 5.41) is 3.35. The molecule has 5 heteroatoms. The number of hydrogen-bond acceptors (Lipinski definition) is 4. The molecule has 0 radical (unpaired) electrons. The van der Waals surface area contributed by atoms with Crippen molar-refractivity contribution in [3.8, 4) is 0 Å². The minimum Gasteiger partial charge on any atom is -0.380 e. The van der Waals surface area contributed by atoms with Crippen molar-refractivity contribution in [3.05, 3.63) is 70.8 Å². The Morgan fingerprint density at radius 3 is 2.47 bits per heavy atom. The lowest BCUT2D eigenvalue weighted by molar-refractivity contribution is -0.127. The van der Waals surface area contributed by atoms with Crippen molar-refractivity contribution < 1.29 is 9.53 Å². The number of hydrogen-bond donors (Lipinski definition) is 1. The third kappa shape index (κ3) is 5.53. The maximum Gasteiger partial charge on any atom is 0.241 e. The van der Waals surface area contributed by atoms with Gasteiger partial charge in [0, 0.05) is 45.9 Å². The third-order valence-corrected chi connectivity index (χ3v) is 8.54. The summed E-state index contributed by atoms with van der Waals surface area (Å²) in [6, 6.07) is 17.4. The summed E-state index contributed by atoms with van der Waals surface area (Å²) in [6.07, 6.45) is 0.994. The normalized spacial score (nSPS) is 25.9. The number of carbonyl (C=O) groups is 1. The molecule has 0 bridgehead atoms. The van der Waals surface area contributed by atoms with Crippen LogP contribution >= 0.6 is 0 Å². The molecule has 36 heavy (non-hydrogen) atoms. The zero-order chi connectivity index (χ0) is 25.3. The van der Waals surface area contributed by atoms with Gasteiger partial charge in [0.2, 0.25) is 5.91 Å². The molecule has 3 unspecified atom stereocenters. The smallest absolute Gasteiger partial charge is 0.241 e. The molecule has 1 saturated carbocycles. The number of fused-ring (bicyclic) bond motifs is 2. The lowest BCUT2D eigenvalue weighted by atomic mass is 9.87. The summed E-state index contributed by atoms with van der Waals surface area (Å²) in [5.74, 6) is 2.24. The molecule has 3 atom stereocenters. The van der Waals surface area contributed by atoms with Crippen LogP contribution in [0.25, 0.3) is 0 Å². The Bertz CT molecular complexity index is 1030. The number of rotatable bonds is 9. The number of nitrogens with one attached hydrogen (secondary N) is 1. The monoisotopic (exact) mass is 489 g/mol. The van der Waals surface area contributed by atoms with E-state index in [1.807, 2.05) is 6.92 Å². The molecule has 5 nitrogen and oxygen atoms in total. The maximum atomic E-state index is 13.5. The number of piperidine rings is 1. The van der Waals surface area contributed by atoms with Gasteiger partial charge in [-0.1, -0.05) is 69.3 Å². The molecule has 3 aliphatic rings. The highest BCUT2D eigenvalue weighted by Gasteiger charge is 2.55.